The Bertz CT molecular complexity index is 506. The second-order valence-electron chi connectivity index (χ2n) is 5.30. The number of hydrogen-bond acceptors (Lipinski definition) is 4. The molecule has 0 amide bonds. The minimum atomic E-state index is -3.48. The van der Waals surface area contributed by atoms with Crippen LogP contribution in [0.5, 0.6) is 0 Å². The summed E-state index contributed by atoms with van der Waals surface area (Å²) in [6.07, 6.45) is 4.41. The fraction of sp³-hybridized carbons (Fsp3) is 0.750. The third kappa shape index (κ3) is 3.55. The lowest BCUT2D eigenvalue weighted by molar-refractivity contribution is 0.270. The highest BCUT2D eigenvalue weighted by molar-refractivity contribution is 7.89. The van der Waals surface area contributed by atoms with Gasteiger partial charge in [-0.1, -0.05) is 13.8 Å². The molecule has 1 aliphatic carbocycles. The van der Waals surface area contributed by atoms with Gasteiger partial charge in [-0.15, -0.1) is 0 Å². The van der Waals surface area contributed by atoms with Gasteiger partial charge >= 0.3 is 0 Å². The van der Waals surface area contributed by atoms with Crippen LogP contribution < -0.4 is 10.0 Å². The van der Waals surface area contributed by atoms with Crippen LogP contribution in [-0.4, -0.2) is 31.2 Å². The van der Waals surface area contributed by atoms with E-state index in [0.29, 0.717) is 18.0 Å². The molecule has 3 N–H and O–H groups in total. The summed E-state index contributed by atoms with van der Waals surface area (Å²) in [5.41, 5.74) is 0.688. The Morgan fingerprint density at radius 1 is 1.47 bits per heavy atom. The van der Waals surface area contributed by atoms with Gasteiger partial charge in [-0.2, -0.15) is 5.10 Å². The summed E-state index contributed by atoms with van der Waals surface area (Å²) in [6, 6.07) is 0.0692. The third-order valence-electron chi connectivity index (χ3n) is 3.38. The minimum absolute atomic E-state index is 0.0692. The molecule has 1 heterocycles. The van der Waals surface area contributed by atoms with E-state index in [9.17, 15) is 8.42 Å². The maximum Gasteiger partial charge on any atom is 0.258 e. The molecule has 0 atom stereocenters. The number of aromatic amines is 1. The summed E-state index contributed by atoms with van der Waals surface area (Å²) < 4.78 is 27.2. The molecule has 1 saturated carbocycles. The van der Waals surface area contributed by atoms with Gasteiger partial charge in [0.05, 0.1) is 6.20 Å². The largest absolute Gasteiger partial charge is 0.313 e. The second-order valence-corrected chi connectivity index (χ2v) is 6.95. The van der Waals surface area contributed by atoms with Crippen LogP contribution in [0.4, 0.5) is 0 Å². The molecule has 1 aliphatic rings. The minimum Gasteiger partial charge on any atom is -0.313 e. The molecule has 1 aromatic rings. The second kappa shape index (κ2) is 6.02. The van der Waals surface area contributed by atoms with E-state index in [1.165, 1.54) is 0 Å². The molecule has 2 rings (SSSR count). The predicted molar refractivity (Wildman–Crippen MR) is 73.1 cm³/mol. The van der Waals surface area contributed by atoms with Crippen molar-refractivity contribution in [3.63, 3.8) is 0 Å². The Morgan fingerprint density at radius 2 is 2.21 bits per heavy atom. The van der Waals surface area contributed by atoms with Gasteiger partial charge in [0.15, 0.2) is 5.03 Å². The van der Waals surface area contributed by atoms with Crippen molar-refractivity contribution in [3.8, 4) is 0 Å². The Kier molecular flexibility index (Phi) is 4.59. The molecule has 7 heteroatoms. The van der Waals surface area contributed by atoms with Crippen LogP contribution in [0.1, 0.15) is 38.7 Å². The standard InChI is InChI=1S/C12H22N4O2S/c1-3-4-13-7-10-8-14-15-12(10)19(17,18)16-11-5-9(2)6-11/h8-9,11,13,16H,3-7H2,1-2H3,(H,14,15). The van der Waals surface area contributed by atoms with Crippen LogP contribution >= 0.6 is 0 Å². The van der Waals surface area contributed by atoms with Crippen molar-refractivity contribution in [2.24, 2.45) is 5.92 Å². The highest BCUT2D eigenvalue weighted by Gasteiger charge is 2.31. The van der Waals surface area contributed by atoms with Crippen LogP contribution in [0.15, 0.2) is 11.2 Å². The first-order valence-electron chi connectivity index (χ1n) is 6.78. The summed E-state index contributed by atoms with van der Waals surface area (Å²) in [4.78, 5) is 0. The van der Waals surface area contributed by atoms with Crippen molar-refractivity contribution < 1.29 is 8.42 Å². The number of sulfonamides is 1. The van der Waals surface area contributed by atoms with Gasteiger partial charge in [0.1, 0.15) is 0 Å². The van der Waals surface area contributed by atoms with Crippen molar-refractivity contribution >= 4 is 10.0 Å². The summed E-state index contributed by atoms with van der Waals surface area (Å²) in [5, 5.41) is 9.82. The summed E-state index contributed by atoms with van der Waals surface area (Å²) in [7, 11) is -3.48. The van der Waals surface area contributed by atoms with Crippen LogP contribution in [0, 0.1) is 5.92 Å². The van der Waals surface area contributed by atoms with Gasteiger partial charge in [-0.3, -0.25) is 5.10 Å². The number of hydrogen-bond donors (Lipinski definition) is 3. The zero-order valence-electron chi connectivity index (χ0n) is 11.4. The zero-order chi connectivity index (χ0) is 13.9. The molecule has 0 aromatic carbocycles. The van der Waals surface area contributed by atoms with Crippen LogP contribution in [0.25, 0.3) is 0 Å². The first-order chi connectivity index (χ1) is 9.03. The summed E-state index contributed by atoms with van der Waals surface area (Å²) in [5.74, 6) is 0.611. The molecular formula is C12H22N4O2S. The quantitative estimate of drug-likeness (QED) is 0.652. The lowest BCUT2D eigenvalue weighted by Crippen LogP contribution is -2.43. The van der Waals surface area contributed by atoms with Crippen LogP contribution in [0.2, 0.25) is 0 Å². The Morgan fingerprint density at radius 3 is 2.84 bits per heavy atom. The van der Waals surface area contributed by atoms with E-state index in [1.54, 1.807) is 6.20 Å². The highest BCUT2D eigenvalue weighted by atomic mass is 32.2. The van der Waals surface area contributed by atoms with Crippen molar-refractivity contribution in [2.45, 2.75) is 50.7 Å². The number of nitrogens with one attached hydrogen (secondary N) is 3. The molecule has 1 fully saturated rings. The monoisotopic (exact) mass is 286 g/mol. The average molecular weight is 286 g/mol. The van der Waals surface area contributed by atoms with Gasteiger partial charge < -0.3 is 5.32 Å². The molecule has 0 aliphatic heterocycles. The summed E-state index contributed by atoms with van der Waals surface area (Å²) in [6.45, 7) is 5.57. The van der Waals surface area contributed by atoms with E-state index in [0.717, 1.165) is 25.8 Å². The highest BCUT2D eigenvalue weighted by Crippen LogP contribution is 2.27. The van der Waals surface area contributed by atoms with E-state index in [2.05, 4.69) is 34.1 Å². The maximum absolute atomic E-state index is 12.2. The third-order valence-corrected chi connectivity index (χ3v) is 4.92. The van der Waals surface area contributed by atoms with Gasteiger partial charge in [-0.05, 0) is 31.7 Å². The zero-order valence-corrected chi connectivity index (χ0v) is 12.3. The fourth-order valence-electron chi connectivity index (χ4n) is 2.33. The first-order valence-corrected chi connectivity index (χ1v) is 8.26. The molecule has 0 saturated heterocycles. The van der Waals surface area contributed by atoms with Crippen molar-refractivity contribution in [3.05, 3.63) is 11.8 Å². The number of aromatic nitrogens is 2. The van der Waals surface area contributed by atoms with E-state index in [-0.39, 0.29) is 11.1 Å². The molecule has 0 spiro atoms. The SMILES string of the molecule is CCCNCc1cn[nH]c1S(=O)(=O)NC1CC(C)C1. The van der Waals surface area contributed by atoms with E-state index in [1.807, 2.05) is 0 Å². The van der Waals surface area contributed by atoms with Crippen molar-refractivity contribution in [1.29, 1.82) is 0 Å². The van der Waals surface area contributed by atoms with E-state index >= 15 is 0 Å². The molecule has 0 bridgehead atoms. The number of rotatable bonds is 7. The Labute approximate surface area is 114 Å². The van der Waals surface area contributed by atoms with Crippen LogP contribution in [0.3, 0.4) is 0 Å². The van der Waals surface area contributed by atoms with Crippen LogP contribution in [-0.2, 0) is 16.6 Å². The normalized spacial score (nSPS) is 23.3. The molecule has 0 radical (unpaired) electrons. The molecular weight excluding hydrogens is 264 g/mol. The van der Waals surface area contributed by atoms with Gasteiger partial charge in [0.25, 0.3) is 10.0 Å². The number of nitrogens with zero attached hydrogens (tertiary/aromatic N) is 1. The molecule has 6 nitrogen and oxygen atoms in total. The first kappa shape index (κ1) is 14.5. The average Bonchev–Trinajstić information content (AvgIpc) is 2.76. The number of H-pyrrole nitrogens is 1. The fourth-order valence-corrected chi connectivity index (χ4v) is 3.73. The smallest absolute Gasteiger partial charge is 0.258 e. The van der Waals surface area contributed by atoms with Gasteiger partial charge in [0, 0.05) is 18.2 Å². The summed E-state index contributed by atoms with van der Waals surface area (Å²) >= 11 is 0. The van der Waals surface area contributed by atoms with Crippen molar-refractivity contribution in [1.82, 2.24) is 20.2 Å². The van der Waals surface area contributed by atoms with Crippen molar-refractivity contribution in [2.75, 3.05) is 6.54 Å². The van der Waals surface area contributed by atoms with Gasteiger partial charge in [0.2, 0.25) is 0 Å². The Balaban J connectivity index is 2.01. The predicted octanol–water partition coefficient (Wildman–Crippen LogP) is 0.986. The van der Waals surface area contributed by atoms with E-state index < -0.39 is 10.0 Å². The maximum atomic E-state index is 12.2. The molecule has 108 valence electrons. The molecule has 19 heavy (non-hydrogen) atoms. The van der Waals surface area contributed by atoms with Gasteiger partial charge in [-0.25, -0.2) is 13.1 Å². The topological polar surface area (TPSA) is 86.9 Å². The lowest BCUT2D eigenvalue weighted by Gasteiger charge is -2.32. The molecule has 0 unspecified atom stereocenters. The lowest BCUT2D eigenvalue weighted by atomic mass is 9.83. The molecule has 1 aromatic heterocycles. The Hall–Kier alpha value is -0.920. The van der Waals surface area contributed by atoms with E-state index in [4.69, 9.17) is 0 Å².